The molecule has 86 valence electrons. The lowest BCUT2D eigenvalue weighted by atomic mass is 9.72. The first-order valence-electron chi connectivity index (χ1n) is 6.08. The van der Waals surface area contributed by atoms with Crippen molar-refractivity contribution in [3.63, 3.8) is 0 Å². The SMILES string of the molecule is C[C@@H]1CC(C(C)(C)C)=CCC1CCC=O. The second kappa shape index (κ2) is 4.96. The van der Waals surface area contributed by atoms with Gasteiger partial charge in [-0.05, 0) is 36.5 Å². The maximum Gasteiger partial charge on any atom is 0.120 e. The van der Waals surface area contributed by atoms with E-state index >= 15 is 0 Å². The number of allylic oxidation sites excluding steroid dienone is 2. The minimum absolute atomic E-state index is 0.323. The van der Waals surface area contributed by atoms with Crippen molar-refractivity contribution in [3.8, 4) is 0 Å². The van der Waals surface area contributed by atoms with Crippen LogP contribution in [0, 0.1) is 17.3 Å². The molecule has 2 atom stereocenters. The highest BCUT2D eigenvalue weighted by Gasteiger charge is 2.27. The number of hydrogen-bond donors (Lipinski definition) is 0. The van der Waals surface area contributed by atoms with Gasteiger partial charge < -0.3 is 4.79 Å². The van der Waals surface area contributed by atoms with E-state index in [0.29, 0.717) is 5.41 Å². The second-order valence-corrected chi connectivity index (χ2v) is 5.90. The Morgan fingerprint density at radius 1 is 1.47 bits per heavy atom. The van der Waals surface area contributed by atoms with E-state index in [2.05, 4.69) is 33.8 Å². The number of aldehydes is 1. The molecule has 1 rings (SSSR count). The molecule has 0 aliphatic heterocycles. The summed E-state index contributed by atoms with van der Waals surface area (Å²) in [4.78, 5) is 10.4. The Hall–Kier alpha value is -0.590. The van der Waals surface area contributed by atoms with Crippen LogP contribution < -0.4 is 0 Å². The lowest BCUT2D eigenvalue weighted by Crippen LogP contribution is -2.22. The number of hydrogen-bond acceptors (Lipinski definition) is 1. The van der Waals surface area contributed by atoms with E-state index in [1.165, 1.54) is 12.8 Å². The summed E-state index contributed by atoms with van der Waals surface area (Å²) in [6, 6.07) is 0. The van der Waals surface area contributed by atoms with E-state index in [4.69, 9.17) is 0 Å². The topological polar surface area (TPSA) is 17.1 Å². The molecule has 0 amide bonds. The molecule has 0 heterocycles. The van der Waals surface area contributed by atoms with Gasteiger partial charge in [0, 0.05) is 6.42 Å². The molecule has 0 saturated heterocycles. The molecule has 1 nitrogen and oxygen atoms in total. The summed E-state index contributed by atoms with van der Waals surface area (Å²) in [5.41, 5.74) is 1.92. The van der Waals surface area contributed by atoms with E-state index in [1.54, 1.807) is 5.57 Å². The van der Waals surface area contributed by atoms with Gasteiger partial charge in [-0.25, -0.2) is 0 Å². The Morgan fingerprint density at radius 2 is 2.13 bits per heavy atom. The van der Waals surface area contributed by atoms with Crippen LogP contribution in [-0.4, -0.2) is 6.29 Å². The summed E-state index contributed by atoms with van der Waals surface area (Å²) in [6.07, 6.45) is 7.64. The molecule has 1 aliphatic carbocycles. The summed E-state index contributed by atoms with van der Waals surface area (Å²) < 4.78 is 0. The highest BCUT2D eigenvalue weighted by Crippen LogP contribution is 2.39. The minimum atomic E-state index is 0.323. The fourth-order valence-electron chi connectivity index (χ4n) is 2.42. The van der Waals surface area contributed by atoms with Crippen molar-refractivity contribution < 1.29 is 4.79 Å². The molecule has 1 heteroatoms. The molecule has 0 fully saturated rings. The number of carbonyl (C=O) groups excluding carboxylic acids is 1. The summed E-state index contributed by atoms with van der Waals surface area (Å²) in [7, 11) is 0. The van der Waals surface area contributed by atoms with Crippen LogP contribution in [0.4, 0.5) is 0 Å². The van der Waals surface area contributed by atoms with Crippen LogP contribution in [0.2, 0.25) is 0 Å². The van der Waals surface area contributed by atoms with Gasteiger partial charge in [0.05, 0.1) is 0 Å². The van der Waals surface area contributed by atoms with Gasteiger partial charge in [-0.3, -0.25) is 0 Å². The summed E-state index contributed by atoms with van der Waals surface area (Å²) in [6.45, 7) is 9.19. The van der Waals surface area contributed by atoms with E-state index in [1.807, 2.05) is 0 Å². The standard InChI is InChI=1S/C14H24O/c1-11-10-13(14(2,3)4)8-7-12(11)6-5-9-15/h8-9,11-12H,5-7,10H2,1-4H3/t11-,12?/m1/s1. The zero-order chi connectivity index (χ0) is 11.5. The average molecular weight is 208 g/mol. The maximum atomic E-state index is 10.4. The van der Waals surface area contributed by atoms with E-state index < -0.39 is 0 Å². The number of rotatable bonds is 3. The van der Waals surface area contributed by atoms with Crippen LogP contribution >= 0.6 is 0 Å². The number of carbonyl (C=O) groups is 1. The summed E-state index contributed by atoms with van der Waals surface area (Å²) in [5, 5.41) is 0. The van der Waals surface area contributed by atoms with Crippen LogP contribution in [-0.2, 0) is 4.79 Å². The van der Waals surface area contributed by atoms with E-state index in [9.17, 15) is 4.79 Å². The minimum Gasteiger partial charge on any atom is -0.303 e. The predicted octanol–water partition coefficient (Wildman–Crippen LogP) is 3.98. The normalized spacial score (nSPS) is 27.3. The highest BCUT2D eigenvalue weighted by atomic mass is 16.1. The maximum absolute atomic E-state index is 10.4. The molecule has 15 heavy (non-hydrogen) atoms. The van der Waals surface area contributed by atoms with Crippen LogP contribution in [0.1, 0.15) is 53.4 Å². The quantitative estimate of drug-likeness (QED) is 0.506. The first-order chi connectivity index (χ1) is 6.95. The van der Waals surface area contributed by atoms with Gasteiger partial charge in [-0.15, -0.1) is 0 Å². The van der Waals surface area contributed by atoms with Gasteiger partial charge in [0.1, 0.15) is 6.29 Å². The van der Waals surface area contributed by atoms with Crippen molar-refractivity contribution in [2.45, 2.75) is 53.4 Å². The van der Waals surface area contributed by atoms with Gasteiger partial charge in [-0.2, -0.15) is 0 Å². The highest BCUT2D eigenvalue weighted by molar-refractivity contribution is 5.49. The van der Waals surface area contributed by atoms with E-state index in [-0.39, 0.29) is 0 Å². The second-order valence-electron chi connectivity index (χ2n) is 5.90. The van der Waals surface area contributed by atoms with Crippen molar-refractivity contribution in [1.82, 2.24) is 0 Å². The first kappa shape index (κ1) is 12.5. The zero-order valence-electron chi connectivity index (χ0n) is 10.5. The van der Waals surface area contributed by atoms with Crippen LogP contribution in [0.3, 0.4) is 0 Å². The summed E-state index contributed by atoms with van der Waals surface area (Å²) in [5.74, 6) is 1.46. The Bertz CT molecular complexity index is 245. The Morgan fingerprint density at radius 3 is 2.60 bits per heavy atom. The van der Waals surface area contributed by atoms with Crippen molar-refractivity contribution in [2.24, 2.45) is 17.3 Å². The zero-order valence-corrected chi connectivity index (χ0v) is 10.5. The molecule has 0 aromatic rings. The van der Waals surface area contributed by atoms with Crippen LogP contribution in [0.25, 0.3) is 0 Å². The average Bonchev–Trinajstić information content (AvgIpc) is 2.14. The van der Waals surface area contributed by atoms with Crippen molar-refractivity contribution in [2.75, 3.05) is 0 Å². The van der Waals surface area contributed by atoms with Crippen molar-refractivity contribution >= 4 is 6.29 Å². The molecule has 0 saturated carbocycles. The molecule has 1 unspecified atom stereocenters. The molecule has 0 N–H and O–H groups in total. The van der Waals surface area contributed by atoms with Gasteiger partial charge in [0.15, 0.2) is 0 Å². The molecule has 1 aliphatic rings. The lowest BCUT2D eigenvalue weighted by molar-refractivity contribution is -0.108. The molecule has 0 spiro atoms. The third-order valence-corrected chi connectivity index (χ3v) is 3.63. The smallest absolute Gasteiger partial charge is 0.120 e. The molecule has 0 bridgehead atoms. The molecular formula is C14H24O. The van der Waals surface area contributed by atoms with Gasteiger partial charge in [0.25, 0.3) is 0 Å². The Labute approximate surface area is 93.9 Å². The fraction of sp³-hybridized carbons (Fsp3) is 0.786. The molecule has 0 aromatic carbocycles. The first-order valence-corrected chi connectivity index (χ1v) is 6.08. The molecular weight excluding hydrogens is 184 g/mol. The Balaban J connectivity index is 2.58. The van der Waals surface area contributed by atoms with Gasteiger partial charge in [-0.1, -0.05) is 39.3 Å². The van der Waals surface area contributed by atoms with Gasteiger partial charge >= 0.3 is 0 Å². The van der Waals surface area contributed by atoms with E-state index in [0.717, 1.165) is 31.0 Å². The lowest BCUT2D eigenvalue weighted by Gasteiger charge is -2.34. The molecule has 0 radical (unpaired) electrons. The fourth-order valence-corrected chi connectivity index (χ4v) is 2.42. The largest absolute Gasteiger partial charge is 0.303 e. The predicted molar refractivity (Wildman–Crippen MR) is 64.7 cm³/mol. The monoisotopic (exact) mass is 208 g/mol. The Kier molecular flexibility index (Phi) is 4.12. The third-order valence-electron chi connectivity index (χ3n) is 3.63. The van der Waals surface area contributed by atoms with Gasteiger partial charge in [0.2, 0.25) is 0 Å². The van der Waals surface area contributed by atoms with Crippen LogP contribution in [0.15, 0.2) is 11.6 Å². The molecule has 0 aromatic heterocycles. The third kappa shape index (κ3) is 3.48. The summed E-state index contributed by atoms with van der Waals surface area (Å²) >= 11 is 0. The van der Waals surface area contributed by atoms with Crippen molar-refractivity contribution in [3.05, 3.63) is 11.6 Å². The van der Waals surface area contributed by atoms with Crippen molar-refractivity contribution in [1.29, 1.82) is 0 Å². The van der Waals surface area contributed by atoms with Crippen LogP contribution in [0.5, 0.6) is 0 Å².